The van der Waals surface area contributed by atoms with Gasteiger partial charge < -0.3 is 14.8 Å². The predicted octanol–water partition coefficient (Wildman–Crippen LogP) is 1.60. The van der Waals surface area contributed by atoms with Gasteiger partial charge in [-0.1, -0.05) is 6.92 Å². The number of aryl methyl sites for hydroxylation is 1. The van der Waals surface area contributed by atoms with Crippen LogP contribution < -0.4 is 10.1 Å². The molecule has 0 saturated carbocycles. The molecule has 0 radical (unpaired) electrons. The number of nitrogens with one attached hydrogen (secondary N) is 1. The summed E-state index contributed by atoms with van der Waals surface area (Å²) in [5.74, 6) is 0.807. The average Bonchev–Trinajstić information content (AvgIpc) is 2.74. The Labute approximate surface area is 103 Å². The van der Waals surface area contributed by atoms with Crippen LogP contribution in [0.3, 0.4) is 0 Å². The minimum atomic E-state index is 0.0567. The first-order valence-electron chi connectivity index (χ1n) is 5.99. The van der Waals surface area contributed by atoms with Crippen molar-refractivity contribution < 1.29 is 9.47 Å². The third-order valence-corrected chi connectivity index (χ3v) is 2.95. The number of hydrogen-bond donors (Lipinski definition) is 1. The van der Waals surface area contributed by atoms with Gasteiger partial charge >= 0.3 is 0 Å². The molecule has 0 spiro atoms. The minimum absolute atomic E-state index is 0.0567. The van der Waals surface area contributed by atoms with Gasteiger partial charge in [-0.25, -0.2) is 0 Å². The van der Waals surface area contributed by atoms with Crippen LogP contribution in [0.25, 0.3) is 0 Å². The maximum absolute atomic E-state index is 5.40. The molecule has 2 atom stereocenters. The molecule has 1 heterocycles. The Bertz CT molecular complexity index is 338. The standard InChI is InChI=1S/C12H23N3O2/c1-6-7-15-12(10(17-5)8-14-15)11(13-3)9(2)16-4/h8-9,11,13H,6-7H2,1-5H3. The zero-order valence-corrected chi connectivity index (χ0v) is 11.4. The fraction of sp³-hybridized carbons (Fsp3) is 0.750. The molecule has 5 nitrogen and oxygen atoms in total. The van der Waals surface area contributed by atoms with Crippen molar-refractivity contribution in [2.45, 2.75) is 39.0 Å². The second kappa shape index (κ2) is 6.61. The highest BCUT2D eigenvalue weighted by atomic mass is 16.5. The van der Waals surface area contributed by atoms with Crippen molar-refractivity contribution in [3.8, 4) is 5.75 Å². The average molecular weight is 241 g/mol. The second-order valence-corrected chi connectivity index (χ2v) is 4.03. The van der Waals surface area contributed by atoms with Crippen molar-refractivity contribution >= 4 is 0 Å². The normalized spacial score (nSPS) is 14.6. The minimum Gasteiger partial charge on any atom is -0.493 e. The van der Waals surface area contributed by atoms with Crippen LogP contribution in [0.15, 0.2) is 6.20 Å². The summed E-state index contributed by atoms with van der Waals surface area (Å²) in [5.41, 5.74) is 1.05. The van der Waals surface area contributed by atoms with Gasteiger partial charge in [0.1, 0.15) is 0 Å². The van der Waals surface area contributed by atoms with Gasteiger partial charge in [0.25, 0.3) is 0 Å². The summed E-state index contributed by atoms with van der Waals surface area (Å²) in [5, 5.41) is 7.62. The van der Waals surface area contributed by atoms with E-state index in [4.69, 9.17) is 9.47 Å². The first kappa shape index (κ1) is 14.0. The number of likely N-dealkylation sites (N-methyl/N-ethyl adjacent to an activating group) is 1. The van der Waals surface area contributed by atoms with Gasteiger partial charge in [0, 0.05) is 13.7 Å². The molecule has 5 heteroatoms. The van der Waals surface area contributed by atoms with Crippen molar-refractivity contribution in [3.05, 3.63) is 11.9 Å². The molecule has 0 bridgehead atoms. The number of aromatic nitrogens is 2. The molecule has 0 aliphatic rings. The smallest absolute Gasteiger partial charge is 0.161 e. The van der Waals surface area contributed by atoms with Crippen LogP contribution in [0.5, 0.6) is 5.75 Å². The first-order chi connectivity index (χ1) is 8.19. The number of methoxy groups -OCH3 is 2. The highest BCUT2D eigenvalue weighted by Gasteiger charge is 2.25. The van der Waals surface area contributed by atoms with Gasteiger partial charge in [0.15, 0.2) is 5.75 Å². The Hall–Kier alpha value is -1.07. The monoisotopic (exact) mass is 241 g/mol. The molecule has 98 valence electrons. The molecule has 0 amide bonds. The molecule has 1 rings (SSSR count). The molecule has 0 aliphatic heterocycles. The molecule has 17 heavy (non-hydrogen) atoms. The van der Waals surface area contributed by atoms with E-state index in [9.17, 15) is 0 Å². The molecular formula is C12H23N3O2. The fourth-order valence-electron chi connectivity index (χ4n) is 1.97. The maximum atomic E-state index is 5.40. The summed E-state index contributed by atoms with van der Waals surface area (Å²) in [4.78, 5) is 0. The van der Waals surface area contributed by atoms with Gasteiger partial charge in [-0.15, -0.1) is 0 Å². The van der Waals surface area contributed by atoms with Crippen LogP contribution in [0.2, 0.25) is 0 Å². The van der Waals surface area contributed by atoms with E-state index in [1.54, 1.807) is 20.4 Å². The van der Waals surface area contributed by atoms with E-state index >= 15 is 0 Å². The quantitative estimate of drug-likeness (QED) is 0.787. The zero-order chi connectivity index (χ0) is 12.8. The predicted molar refractivity (Wildman–Crippen MR) is 67.3 cm³/mol. The van der Waals surface area contributed by atoms with Crippen LogP contribution in [0.1, 0.15) is 32.0 Å². The second-order valence-electron chi connectivity index (χ2n) is 4.03. The lowest BCUT2D eigenvalue weighted by atomic mass is 10.1. The lowest BCUT2D eigenvalue weighted by Gasteiger charge is -2.24. The largest absolute Gasteiger partial charge is 0.493 e. The highest BCUT2D eigenvalue weighted by molar-refractivity contribution is 5.29. The third-order valence-electron chi connectivity index (χ3n) is 2.95. The molecule has 0 fully saturated rings. The Kier molecular flexibility index (Phi) is 5.44. The number of rotatable bonds is 7. The first-order valence-corrected chi connectivity index (χ1v) is 5.99. The Morgan fingerprint density at radius 2 is 2.18 bits per heavy atom. The Morgan fingerprint density at radius 1 is 1.47 bits per heavy atom. The van der Waals surface area contributed by atoms with Crippen molar-refractivity contribution in [3.63, 3.8) is 0 Å². The van der Waals surface area contributed by atoms with E-state index in [1.807, 2.05) is 18.7 Å². The molecule has 1 aromatic rings. The van der Waals surface area contributed by atoms with Crippen molar-refractivity contribution in [2.75, 3.05) is 21.3 Å². The van der Waals surface area contributed by atoms with E-state index in [1.165, 1.54) is 0 Å². The third kappa shape index (κ3) is 2.98. The highest BCUT2D eigenvalue weighted by Crippen LogP contribution is 2.28. The van der Waals surface area contributed by atoms with Gasteiger partial charge in [-0.05, 0) is 20.4 Å². The van der Waals surface area contributed by atoms with E-state index in [2.05, 4.69) is 17.3 Å². The summed E-state index contributed by atoms with van der Waals surface area (Å²) < 4.78 is 12.8. The van der Waals surface area contributed by atoms with Crippen LogP contribution in [0, 0.1) is 0 Å². The lowest BCUT2D eigenvalue weighted by molar-refractivity contribution is 0.0816. The zero-order valence-electron chi connectivity index (χ0n) is 11.4. The van der Waals surface area contributed by atoms with Crippen molar-refractivity contribution in [2.24, 2.45) is 0 Å². The number of nitrogens with zero attached hydrogens (tertiary/aromatic N) is 2. The van der Waals surface area contributed by atoms with E-state index < -0.39 is 0 Å². The van der Waals surface area contributed by atoms with Gasteiger partial charge in [-0.3, -0.25) is 4.68 Å². The van der Waals surface area contributed by atoms with E-state index in [0.717, 1.165) is 24.4 Å². The van der Waals surface area contributed by atoms with Crippen LogP contribution in [0.4, 0.5) is 0 Å². The number of ether oxygens (including phenoxy) is 2. The topological polar surface area (TPSA) is 48.3 Å². The maximum Gasteiger partial charge on any atom is 0.161 e. The Morgan fingerprint density at radius 3 is 2.65 bits per heavy atom. The fourth-order valence-corrected chi connectivity index (χ4v) is 1.97. The van der Waals surface area contributed by atoms with Gasteiger partial charge in [0.05, 0.1) is 31.1 Å². The molecule has 2 unspecified atom stereocenters. The lowest BCUT2D eigenvalue weighted by Crippen LogP contribution is -2.31. The van der Waals surface area contributed by atoms with Gasteiger partial charge in [0.2, 0.25) is 0 Å². The summed E-state index contributed by atoms with van der Waals surface area (Å²) in [7, 11) is 5.30. The SMILES string of the molecule is CCCn1ncc(OC)c1C(NC)C(C)OC. The summed E-state index contributed by atoms with van der Waals surface area (Å²) >= 11 is 0. The van der Waals surface area contributed by atoms with Crippen LogP contribution in [-0.2, 0) is 11.3 Å². The number of hydrogen-bond acceptors (Lipinski definition) is 4. The summed E-state index contributed by atoms with van der Waals surface area (Å²) in [6.45, 7) is 5.04. The molecule has 1 N–H and O–H groups in total. The van der Waals surface area contributed by atoms with Crippen molar-refractivity contribution in [1.82, 2.24) is 15.1 Å². The Balaban J connectivity index is 3.09. The van der Waals surface area contributed by atoms with E-state index in [0.29, 0.717) is 0 Å². The summed E-state index contributed by atoms with van der Waals surface area (Å²) in [6.07, 6.45) is 2.86. The molecule has 0 aliphatic carbocycles. The van der Waals surface area contributed by atoms with E-state index in [-0.39, 0.29) is 12.1 Å². The van der Waals surface area contributed by atoms with Crippen molar-refractivity contribution in [1.29, 1.82) is 0 Å². The molecule has 1 aromatic heterocycles. The van der Waals surface area contributed by atoms with Crippen LogP contribution in [-0.4, -0.2) is 37.2 Å². The molecular weight excluding hydrogens is 218 g/mol. The van der Waals surface area contributed by atoms with Crippen LogP contribution >= 0.6 is 0 Å². The molecule has 0 saturated heterocycles. The van der Waals surface area contributed by atoms with Gasteiger partial charge in [-0.2, -0.15) is 5.10 Å². The summed E-state index contributed by atoms with van der Waals surface area (Å²) in [6, 6.07) is 0.0731. The molecule has 0 aromatic carbocycles.